The number of nitrogens with two attached hydrogens (primary N) is 1. The highest BCUT2D eigenvalue weighted by molar-refractivity contribution is 9.10. The number of hydrogen-bond donors (Lipinski definition) is 1. The molecule has 0 bridgehead atoms. The Morgan fingerprint density at radius 1 is 1.28 bits per heavy atom. The van der Waals surface area contributed by atoms with Crippen LogP contribution in [0, 0.1) is 0 Å². The number of hydrogen-bond acceptors (Lipinski definition) is 3. The molecule has 18 heavy (non-hydrogen) atoms. The topological polar surface area (TPSA) is 32.5 Å². The smallest absolute Gasteiger partial charge is 0.0371 e. The first-order valence-corrected chi connectivity index (χ1v) is 7.25. The minimum absolute atomic E-state index is 0.602. The first-order chi connectivity index (χ1) is 8.47. The summed E-state index contributed by atoms with van der Waals surface area (Å²) in [6.45, 7) is 7.73. The van der Waals surface area contributed by atoms with Crippen molar-refractivity contribution in [2.45, 2.75) is 32.5 Å². The summed E-state index contributed by atoms with van der Waals surface area (Å²) in [5, 5.41) is 0. The van der Waals surface area contributed by atoms with Crippen LogP contribution in [0.25, 0.3) is 0 Å². The first kappa shape index (κ1) is 13.8. The third-order valence-corrected chi connectivity index (χ3v) is 4.43. The summed E-state index contributed by atoms with van der Waals surface area (Å²) in [7, 11) is 2.21. The van der Waals surface area contributed by atoms with Gasteiger partial charge in [0, 0.05) is 41.9 Å². The van der Waals surface area contributed by atoms with E-state index in [4.69, 9.17) is 5.73 Å². The van der Waals surface area contributed by atoms with E-state index in [1.54, 1.807) is 0 Å². The van der Waals surface area contributed by atoms with Gasteiger partial charge in [-0.2, -0.15) is 0 Å². The SMILES string of the molecule is CC1CN(Cc2ccc(Br)cc2N)CC(C)N1C. The molecule has 1 fully saturated rings. The summed E-state index contributed by atoms with van der Waals surface area (Å²) >= 11 is 3.45. The van der Waals surface area contributed by atoms with E-state index >= 15 is 0 Å². The number of anilines is 1. The zero-order valence-electron chi connectivity index (χ0n) is 11.4. The molecule has 2 unspecified atom stereocenters. The maximum absolute atomic E-state index is 6.07. The maximum atomic E-state index is 6.07. The lowest BCUT2D eigenvalue weighted by Crippen LogP contribution is -2.54. The zero-order chi connectivity index (χ0) is 13.3. The summed E-state index contributed by atoms with van der Waals surface area (Å²) in [5.41, 5.74) is 8.17. The molecule has 1 aliphatic heterocycles. The molecule has 2 atom stereocenters. The van der Waals surface area contributed by atoms with Crippen molar-refractivity contribution in [2.24, 2.45) is 0 Å². The van der Waals surface area contributed by atoms with Crippen LogP contribution < -0.4 is 5.73 Å². The van der Waals surface area contributed by atoms with E-state index < -0.39 is 0 Å². The molecule has 1 heterocycles. The number of piperazine rings is 1. The van der Waals surface area contributed by atoms with Crippen LogP contribution in [0.5, 0.6) is 0 Å². The van der Waals surface area contributed by atoms with Crippen molar-refractivity contribution in [3.8, 4) is 0 Å². The Labute approximate surface area is 118 Å². The van der Waals surface area contributed by atoms with Gasteiger partial charge in [-0.25, -0.2) is 0 Å². The first-order valence-electron chi connectivity index (χ1n) is 6.45. The summed E-state index contributed by atoms with van der Waals surface area (Å²) < 4.78 is 1.05. The highest BCUT2D eigenvalue weighted by atomic mass is 79.9. The van der Waals surface area contributed by atoms with Crippen LogP contribution in [-0.2, 0) is 6.54 Å². The normalized spacial score (nSPS) is 26.4. The number of rotatable bonds is 2. The van der Waals surface area contributed by atoms with Crippen LogP contribution in [0.15, 0.2) is 22.7 Å². The molecule has 0 aliphatic carbocycles. The molecule has 0 aromatic heterocycles. The van der Waals surface area contributed by atoms with E-state index in [2.05, 4.69) is 58.8 Å². The quantitative estimate of drug-likeness (QED) is 0.852. The van der Waals surface area contributed by atoms with Gasteiger partial charge in [-0.05, 0) is 38.6 Å². The van der Waals surface area contributed by atoms with Crippen LogP contribution >= 0.6 is 15.9 Å². The van der Waals surface area contributed by atoms with Crippen LogP contribution in [0.3, 0.4) is 0 Å². The third kappa shape index (κ3) is 3.05. The molecular formula is C14H22BrN3. The second-order valence-corrected chi connectivity index (χ2v) is 6.32. The third-order valence-electron chi connectivity index (χ3n) is 3.94. The fourth-order valence-corrected chi connectivity index (χ4v) is 2.97. The monoisotopic (exact) mass is 311 g/mol. The molecule has 0 amide bonds. The minimum atomic E-state index is 0.602. The van der Waals surface area contributed by atoms with Gasteiger partial charge in [0.25, 0.3) is 0 Å². The lowest BCUT2D eigenvalue weighted by atomic mass is 10.1. The summed E-state index contributed by atoms with van der Waals surface area (Å²) in [6, 6.07) is 7.37. The average Bonchev–Trinajstić information content (AvgIpc) is 2.29. The van der Waals surface area contributed by atoms with Gasteiger partial charge in [0.2, 0.25) is 0 Å². The largest absolute Gasteiger partial charge is 0.398 e. The molecule has 3 nitrogen and oxygen atoms in total. The molecule has 4 heteroatoms. The van der Waals surface area contributed by atoms with Gasteiger partial charge in [0.1, 0.15) is 0 Å². The Morgan fingerprint density at radius 2 is 1.89 bits per heavy atom. The Morgan fingerprint density at radius 3 is 2.44 bits per heavy atom. The molecule has 1 aliphatic rings. The van der Waals surface area contributed by atoms with Crippen LogP contribution in [-0.4, -0.2) is 42.0 Å². The molecule has 1 aromatic carbocycles. The van der Waals surface area contributed by atoms with Gasteiger partial charge < -0.3 is 5.73 Å². The van der Waals surface area contributed by atoms with Gasteiger partial charge in [-0.3, -0.25) is 9.80 Å². The Bertz CT molecular complexity index is 410. The minimum Gasteiger partial charge on any atom is -0.398 e. The highest BCUT2D eigenvalue weighted by Gasteiger charge is 2.26. The fourth-order valence-electron chi connectivity index (χ4n) is 2.59. The molecule has 1 saturated heterocycles. The van der Waals surface area contributed by atoms with Gasteiger partial charge in [0.05, 0.1) is 0 Å². The van der Waals surface area contributed by atoms with E-state index in [9.17, 15) is 0 Å². The van der Waals surface area contributed by atoms with Gasteiger partial charge in [0.15, 0.2) is 0 Å². The number of nitrogen functional groups attached to an aromatic ring is 1. The maximum Gasteiger partial charge on any atom is 0.0371 e. The van der Waals surface area contributed by atoms with Crippen molar-refractivity contribution in [1.82, 2.24) is 9.80 Å². The van der Waals surface area contributed by atoms with Gasteiger partial charge in [-0.15, -0.1) is 0 Å². The molecule has 0 spiro atoms. The Hall–Kier alpha value is -0.580. The van der Waals surface area contributed by atoms with E-state index in [0.29, 0.717) is 12.1 Å². The van der Waals surface area contributed by atoms with Gasteiger partial charge in [-0.1, -0.05) is 22.0 Å². The summed E-state index contributed by atoms with van der Waals surface area (Å²) in [5.74, 6) is 0. The van der Waals surface area contributed by atoms with E-state index in [1.165, 1.54) is 5.56 Å². The van der Waals surface area contributed by atoms with Crippen molar-refractivity contribution < 1.29 is 0 Å². The molecule has 0 radical (unpaired) electrons. The predicted molar refractivity (Wildman–Crippen MR) is 80.5 cm³/mol. The standard InChI is InChI=1S/C14H22BrN3/c1-10-7-18(8-11(2)17(10)3)9-12-4-5-13(15)6-14(12)16/h4-6,10-11H,7-9,16H2,1-3H3. The van der Waals surface area contributed by atoms with Crippen molar-refractivity contribution in [3.05, 3.63) is 28.2 Å². The number of benzene rings is 1. The molecular weight excluding hydrogens is 290 g/mol. The van der Waals surface area contributed by atoms with Crippen LogP contribution in [0.1, 0.15) is 19.4 Å². The van der Waals surface area contributed by atoms with Crippen molar-refractivity contribution >= 4 is 21.6 Å². The number of likely N-dealkylation sites (N-methyl/N-ethyl adjacent to an activating group) is 1. The Balaban J connectivity index is 2.05. The molecule has 1 aromatic rings. The van der Waals surface area contributed by atoms with Crippen molar-refractivity contribution in [2.75, 3.05) is 25.9 Å². The van der Waals surface area contributed by atoms with Crippen molar-refractivity contribution in [1.29, 1.82) is 0 Å². The summed E-state index contributed by atoms with van der Waals surface area (Å²) in [4.78, 5) is 4.94. The van der Waals surface area contributed by atoms with E-state index in [-0.39, 0.29) is 0 Å². The van der Waals surface area contributed by atoms with Crippen LogP contribution in [0.2, 0.25) is 0 Å². The number of halogens is 1. The van der Waals surface area contributed by atoms with E-state index in [0.717, 1.165) is 29.8 Å². The second kappa shape index (κ2) is 5.59. The molecule has 2 N–H and O–H groups in total. The Kier molecular flexibility index (Phi) is 4.30. The zero-order valence-corrected chi connectivity index (χ0v) is 12.9. The van der Waals surface area contributed by atoms with Gasteiger partial charge >= 0.3 is 0 Å². The molecule has 0 saturated carbocycles. The second-order valence-electron chi connectivity index (χ2n) is 5.40. The molecule has 100 valence electrons. The predicted octanol–water partition coefficient (Wildman–Crippen LogP) is 2.56. The fraction of sp³-hybridized carbons (Fsp3) is 0.571. The molecule has 2 rings (SSSR count). The lowest BCUT2D eigenvalue weighted by molar-refractivity contribution is 0.0557. The van der Waals surface area contributed by atoms with Crippen molar-refractivity contribution in [3.63, 3.8) is 0 Å². The highest BCUT2D eigenvalue weighted by Crippen LogP contribution is 2.22. The summed E-state index contributed by atoms with van der Waals surface area (Å²) in [6.07, 6.45) is 0. The number of nitrogens with zero attached hydrogens (tertiary/aromatic N) is 2. The average molecular weight is 312 g/mol. The van der Waals surface area contributed by atoms with Crippen LogP contribution in [0.4, 0.5) is 5.69 Å². The van der Waals surface area contributed by atoms with E-state index in [1.807, 2.05) is 6.07 Å². The lowest BCUT2D eigenvalue weighted by Gasteiger charge is -2.42.